The number of rotatable bonds is 8. The predicted molar refractivity (Wildman–Crippen MR) is 74.8 cm³/mol. The molecular weight excluding hydrogens is 296 g/mol. The molecule has 0 amide bonds. The van der Waals surface area contributed by atoms with Gasteiger partial charge in [0.15, 0.2) is 0 Å². The Balaban J connectivity index is 2.91. The molecule has 8 nitrogen and oxygen atoms in total. The van der Waals surface area contributed by atoms with Crippen LogP contribution in [0.1, 0.15) is 39.0 Å². The second-order valence-electron chi connectivity index (χ2n) is 5.76. The molecule has 130 valence electrons. The number of carboxylic acids is 1. The minimum Gasteiger partial charge on any atom is -0.481 e. The smallest absolute Gasteiger partial charge is 0.312 e. The minimum absolute atomic E-state index is 0.0455. The molecule has 0 bridgehead atoms. The number of carboxylic acid groups (broad SMARTS) is 1. The third-order valence-electron chi connectivity index (χ3n) is 4.14. The maximum absolute atomic E-state index is 11.4. The molecule has 0 spiro atoms. The lowest BCUT2D eigenvalue weighted by molar-refractivity contribution is -0.365. The molecule has 1 aliphatic heterocycles. The van der Waals surface area contributed by atoms with Gasteiger partial charge in [-0.3, -0.25) is 4.79 Å². The Labute approximate surface area is 129 Å². The summed E-state index contributed by atoms with van der Waals surface area (Å²) < 4.78 is 5.06. The lowest BCUT2D eigenvalue weighted by atomic mass is 9.82. The quantitative estimate of drug-likeness (QED) is 0.306. The number of unbranched alkanes of at least 4 members (excludes halogenated alkanes) is 3. The normalized spacial score (nSPS) is 37.0. The maximum atomic E-state index is 11.4. The first-order valence-electron chi connectivity index (χ1n) is 7.57. The first-order valence-corrected chi connectivity index (χ1v) is 7.57. The number of aliphatic hydroxyl groups excluding tert-OH is 4. The van der Waals surface area contributed by atoms with E-state index in [4.69, 9.17) is 9.84 Å². The van der Waals surface area contributed by atoms with Crippen molar-refractivity contribution in [1.82, 2.24) is 0 Å². The van der Waals surface area contributed by atoms with Crippen LogP contribution in [0.15, 0.2) is 0 Å². The number of carbonyl (C=O) groups is 1. The van der Waals surface area contributed by atoms with Gasteiger partial charge in [0.2, 0.25) is 5.79 Å². The van der Waals surface area contributed by atoms with Crippen molar-refractivity contribution in [3.05, 3.63) is 0 Å². The van der Waals surface area contributed by atoms with Gasteiger partial charge in [-0.1, -0.05) is 32.6 Å². The zero-order valence-electron chi connectivity index (χ0n) is 12.6. The van der Waals surface area contributed by atoms with Gasteiger partial charge < -0.3 is 35.4 Å². The van der Waals surface area contributed by atoms with Crippen molar-refractivity contribution < 1.29 is 40.2 Å². The highest BCUT2D eigenvalue weighted by atomic mass is 16.7. The standard InChI is InChI=1S/C14H26O8/c1-2-3-4-5-6-8(13(19)20)14(21)12(18)11(17)10(16)9(7-15)22-14/h8-12,15-18,21H,2-7H2,1H3,(H,19,20)/t8?,9-,10-,11+,12-,14?/m1/s1. The van der Waals surface area contributed by atoms with Crippen LogP contribution in [0.25, 0.3) is 0 Å². The van der Waals surface area contributed by atoms with Crippen molar-refractivity contribution in [1.29, 1.82) is 0 Å². The van der Waals surface area contributed by atoms with Gasteiger partial charge >= 0.3 is 5.97 Å². The molecule has 1 fully saturated rings. The van der Waals surface area contributed by atoms with Gasteiger partial charge in [-0.15, -0.1) is 0 Å². The van der Waals surface area contributed by atoms with Crippen LogP contribution in [0.2, 0.25) is 0 Å². The van der Waals surface area contributed by atoms with Crippen molar-refractivity contribution in [3.63, 3.8) is 0 Å². The minimum atomic E-state index is -2.57. The Bertz CT molecular complexity index is 361. The molecule has 1 aliphatic rings. The van der Waals surface area contributed by atoms with Gasteiger partial charge in [0.1, 0.15) is 30.3 Å². The van der Waals surface area contributed by atoms with Crippen LogP contribution < -0.4 is 0 Å². The molecule has 0 radical (unpaired) electrons. The Morgan fingerprint density at radius 1 is 1.18 bits per heavy atom. The van der Waals surface area contributed by atoms with E-state index in [0.29, 0.717) is 6.42 Å². The van der Waals surface area contributed by atoms with Crippen LogP contribution in [0.3, 0.4) is 0 Å². The van der Waals surface area contributed by atoms with E-state index in [1.807, 2.05) is 6.92 Å². The van der Waals surface area contributed by atoms with Crippen molar-refractivity contribution in [3.8, 4) is 0 Å². The number of aliphatic carboxylic acids is 1. The first kappa shape index (κ1) is 19.3. The molecular formula is C14H26O8. The number of hydrogen-bond donors (Lipinski definition) is 6. The SMILES string of the molecule is CCCCCCC(C(=O)O)C1(O)O[C@H](CO)[C@@H](O)[C@H](O)[C@H]1O. The second kappa shape index (κ2) is 8.19. The fraction of sp³-hybridized carbons (Fsp3) is 0.929. The molecule has 22 heavy (non-hydrogen) atoms. The molecule has 0 aromatic rings. The van der Waals surface area contributed by atoms with E-state index in [1.165, 1.54) is 0 Å². The predicted octanol–water partition coefficient (Wildman–Crippen LogP) is -1.18. The fourth-order valence-electron chi connectivity index (χ4n) is 2.75. The van der Waals surface area contributed by atoms with Gasteiger partial charge in [-0.2, -0.15) is 0 Å². The summed E-state index contributed by atoms with van der Waals surface area (Å²) in [7, 11) is 0. The first-order chi connectivity index (χ1) is 10.3. The van der Waals surface area contributed by atoms with Crippen LogP contribution in [0, 0.1) is 5.92 Å². The molecule has 6 N–H and O–H groups in total. The number of ether oxygens (including phenoxy) is 1. The summed E-state index contributed by atoms with van der Waals surface area (Å²) in [5, 5.41) is 58.3. The Hall–Kier alpha value is -0.770. The van der Waals surface area contributed by atoms with Gasteiger partial charge in [0, 0.05) is 0 Å². The summed E-state index contributed by atoms with van der Waals surface area (Å²) in [5.41, 5.74) is 0. The molecule has 2 unspecified atom stereocenters. The molecule has 1 heterocycles. The lowest BCUT2D eigenvalue weighted by Crippen LogP contribution is -2.68. The summed E-state index contributed by atoms with van der Waals surface area (Å²) >= 11 is 0. The average molecular weight is 322 g/mol. The van der Waals surface area contributed by atoms with Gasteiger partial charge in [0.05, 0.1) is 6.61 Å². The zero-order valence-corrected chi connectivity index (χ0v) is 12.6. The van der Waals surface area contributed by atoms with Crippen LogP contribution in [0.5, 0.6) is 0 Å². The van der Waals surface area contributed by atoms with E-state index >= 15 is 0 Å². The van der Waals surface area contributed by atoms with Crippen molar-refractivity contribution in [2.45, 2.75) is 69.2 Å². The largest absolute Gasteiger partial charge is 0.481 e. The molecule has 0 aromatic carbocycles. The number of hydrogen-bond acceptors (Lipinski definition) is 7. The van der Waals surface area contributed by atoms with Gasteiger partial charge in [-0.25, -0.2) is 0 Å². The fourth-order valence-corrected chi connectivity index (χ4v) is 2.75. The topological polar surface area (TPSA) is 148 Å². The van der Waals surface area contributed by atoms with E-state index in [-0.39, 0.29) is 6.42 Å². The van der Waals surface area contributed by atoms with Crippen molar-refractivity contribution >= 4 is 5.97 Å². The Kier molecular flexibility index (Phi) is 7.17. The van der Waals surface area contributed by atoms with Crippen LogP contribution in [-0.2, 0) is 9.53 Å². The molecule has 0 aromatic heterocycles. The highest BCUT2D eigenvalue weighted by Gasteiger charge is 2.58. The highest BCUT2D eigenvalue weighted by molar-refractivity contribution is 5.71. The summed E-state index contributed by atoms with van der Waals surface area (Å²) in [5.74, 6) is -5.42. The monoisotopic (exact) mass is 322 g/mol. The molecule has 8 heteroatoms. The summed E-state index contributed by atoms with van der Waals surface area (Å²) in [6, 6.07) is 0. The maximum Gasteiger partial charge on any atom is 0.312 e. The Morgan fingerprint density at radius 2 is 1.82 bits per heavy atom. The van der Waals surface area contributed by atoms with Crippen LogP contribution in [-0.4, -0.2) is 73.4 Å². The van der Waals surface area contributed by atoms with Crippen LogP contribution in [0.4, 0.5) is 0 Å². The van der Waals surface area contributed by atoms with E-state index in [9.17, 15) is 30.3 Å². The Morgan fingerprint density at radius 3 is 2.32 bits per heavy atom. The van der Waals surface area contributed by atoms with E-state index in [1.54, 1.807) is 0 Å². The summed E-state index contributed by atoms with van der Waals surface area (Å²) in [6.45, 7) is 1.27. The molecule has 6 atom stereocenters. The molecule has 0 aliphatic carbocycles. The lowest BCUT2D eigenvalue weighted by Gasteiger charge is -2.47. The second-order valence-corrected chi connectivity index (χ2v) is 5.76. The zero-order chi connectivity index (χ0) is 16.9. The number of aliphatic hydroxyl groups is 5. The molecule has 0 saturated carbocycles. The van der Waals surface area contributed by atoms with E-state index in [2.05, 4.69) is 0 Å². The summed E-state index contributed by atoms with van der Waals surface area (Å²) in [6.07, 6.45) is -3.61. The third kappa shape index (κ3) is 3.95. The third-order valence-corrected chi connectivity index (χ3v) is 4.14. The van der Waals surface area contributed by atoms with E-state index in [0.717, 1.165) is 19.3 Å². The van der Waals surface area contributed by atoms with Crippen molar-refractivity contribution in [2.75, 3.05) is 6.61 Å². The average Bonchev–Trinajstić information content (AvgIpc) is 2.48. The molecule has 1 rings (SSSR count). The van der Waals surface area contributed by atoms with Gasteiger partial charge in [-0.05, 0) is 6.42 Å². The highest BCUT2D eigenvalue weighted by Crippen LogP contribution is 2.36. The van der Waals surface area contributed by atoms with E-state index < -0.39 is 48.7 Å². The van der Waals surface area contributed by atoms with Crippen molar-refractivity contribution in [2.24, 2.45) is 5.92 Å². The van der Waals surface area contributed by atoms with Gasteiger partial charge in [0.25, 0.3) is 0 Å². The van der Waals surface area contributed by atoms with Crippen LogP contribution >= 0.6 is 0 Å². The summed E-state index contributed by atoms with van der Waals surface area (Å²) in [4.78, 5) is 11.4. The molecule has 1 saturated heterocycles.